The lowest BCUT2D eigenvalue weighted by Gasteiger charge is -2.38. The predicted molar refractivity (Wildman–Crippen MR) is 134 cm³/mol. The quantitative estimate of drug-likeness (QED) is 0.293. The molecule has 0 bridgehead atoms. The third kappa shape index (κ3) is 7.78. The number of amides is 3. The minimum absolute atomic E-state index is 0.0858. The highest BCUT2D eigenvalue weighted by Gasteiger charge is 2.35. The predicted octanol–water partition coefficient (Wildman–Crippen LogP) is 3.02. The summed E-state index contributed by atoms with van der Waals surface area (Å²) >= 11 is 0. The fourth-order valence-corrected chi connectivity index (χ4v) is 5.54. The Hall–Kier alpha value is -2.43. The lowest BCUT2D eigenvalue weighted by molar-refractivity contribution is -0.00957. The van der Waals surface area contributed by atoms with Crippen molar-refractivity contribution in [3.8, 4) is 0 Å². The van der Waals surface area contributed by atoms with Crippen LogP contribution in [0.3, 0.4) is 0 Å². The number of carbonyl (C=O) groups is 2. The number of likely N-dealkylation sites (N-methyl/N-ethyl adjacent to an activating group) is 1. The van der Waals surface area contributed by atoms with E-state index in [9.17, 15) is 19.1 Å². The maximum Gasteiger partial charge on any atom is 0.404 e. The first-order chi connectivity index (χ1) is 17.3. The molecule has 9 nitrogen and oxygen atoms in total. The molecule has 0 aromatic heterocycles. The van der Waals surface area contributed by atoms with Gasteiger partial charge in [-0.15, -0.1) is 0 Å². The van der Waals surface area contributed by atoms with Crippen molar-refractivity contribution in [2.24, 2.45) is 11.8 Å². The Labute approximate surface area is 212 Å². The third-order valence-corrected chi connectivity index (χ3v) is 7.42. The molecule has 2 fully saturated rings. The van der Waals surface area contributed by atoms with Crippen molar-refractivity contribution in [2.45, 2.75) is 63.7 Å². The topological polar surface area (TPSA) is 123 Å². The molecule has 1 aromatic rings. The molecular weight excluding hydrogens is 467 g/mol. The van der Waals surface area contributed by atoms with Crippen LogP contribution in [0.4, 0.5) is 14.0 Å². The van der Waals surface area contributed by atoms with Gasteiger partial charge in [-0.3, -0.25) is 0 Å². The van der Waals surface area contributed by atoms with Crippen molar-refractivity contribution in [2.75, 3.05) is 39.8 Å². The highest BCUT2D eigenvalue weighted by molar-refractivity contribution is 5.74. The molecule has 1 aromatic carbocycles. The summed E-state index contributed by atoms with van der Waals surface area (Å²) in [6.45, 7) is 3.62. The first-order valence-corrected chi connectivity index (χ1v) is 13.0. The first kappa shape index (κ1) is 28.1. The van der Waals surface area contributed by atoms with Gasteiger partial charge in [0, 0.05) is 32.1 Å². The van der Waals surface area contributed by atoms with E-state index in [0.717, 1.165) is 44.1 Å². The van der Waals surface area contributed by atoms with Gasteiger partial charge in [-0.25, -0.2) is 14.0 Å². The Morgan fingerprint density at radius 1 is 1.19 bits per heavy atom. The van der Waals surface area contributed by atoms with E-state index in [4.69, 9.17) is 9.84 Å². The largest absolute Gasteiger partial charge is 0.465 e. The number of rotatable bonds is 11. The Kier molecular flexibility index (Phi) is 10.8. The van der Waals surface area contributed by atoms with Crippen LogP contribution in [0.15, 0.2) is 18.2 Å². The van der Waals surface area contributed by atoms with Gasteiger partial charge in [-0.1, -0.05) is 18.9 Å². The van der Waals surface area contributed by atoms with Crippen LogP contribution in [0.5, 0.6) is 0 Å². The van der Waals surface area contributed by atoms with Crippen LogP contribution in [0.1, 0.15) is 55.8 Å². The number of benzene rings is 1. The minimum Gasteiger partial charge on any atom is -0.465 e. The van der Waals surface area contributed by atoms with E-state index in [-0.39, 0.29) is 42.9 Å². The number of nitrogens with one attached hydrogen (secondary N) is 3. The summed E-state index contributed by atoms with van der Waals surface area (Å²) in [5, 5.41) is 28.2. The number of carbonyl (C=O) groups excluding carboxylic acids is 1. The molecule has 5 N–H and O–H groups in total. The van der Waals surface area contributed by atoms with E-state index in [1.165, 1.54) is 12.1 Å². The monoisotopic (exact) mass is 508 g/mol. The number of aliphatic hydroxyl groups excluding tert-OH is 1. The smallest absolute Gasteiger partial charge is 0.404 e. The van der Waals surface area contributed by atoms with Gasteiger partial charge >= 0.3 is 12.1 Å². The second kappa shape index (κ2) is 13.8. The molecule has 4 unspecified atom stereocenters. The van der Waals surface area contributed by atoms with Crippen LogP contribution in [0, 0.1) is 24.6 Å². The van der Waals surface area contributed by atoms with Gasteiger partial charge in [0.15, 0.2) is 0 Å². The Morgan fingerprint density at radius 3 is 2.61 bits per heavy atom. The molecule has 1 aliphatic heterocycles. The number of carboxylic acid groups (broad SMARTS) is 1. The minimum atomic E-state index is -1.13. The number of halogens is 1. The van der Waals surface area contributed by atoms with Crippen molar-refractivity contribution < 1.29 is 28.9 Å². The molecule has 36 heavy (non-hydrogen) atoms. The molecule has 0 spiro atoms. The molecule has 3 rings (SSSR count). The van der Waals surface area contributed by atoms with Gasteiger partial charge in [-0.05, 0) is 68.8 Å². The van der Waals surface area contributed by atoms with Crippen LogP contribution in [-0.4, -0.2) is 79.2 Å². The van der Waals surface area contributed by atoms with Gasteiger partial charge in [0.05, 0.1) is 24.9 Å². The van der Waals surface area contributed by atoms with Gasteiger partial charge in [0.2, 0.25) is 0 Å². The fraction of sp³-hybridized carbons (Fsp3) is 0.692. The lowest BCUT2D eigenvalue weighted by Crippen LogP contribution is -2.56. The number of hydrogen-bond acceptors (Lipinski definition) is 5. The maximum absolute atomic E-state index is 14.1. The molecule has 0 radical (unpaired) electrons. The SMILES string of the molecule is CNCC(NC(=O)N1CCCC(C(OCCNC(=O)O)c2cc(F)ccc2C)C1)C(O)C1CCCC1. The molecule has 3 amide bonds. The van der Waals surface area contributed by atoms with Crippen LogP contribution >= 0.6 is 0 Å². The number of aryl methyl sites for hydroxylation is 1. The molecule has 1 aliphatic carbocycles. The highest BCUT2D eigenvalue weighted by atomic mass is 19.1. The standard InChI is InChI=1S/C26H41FN4O5/c1-17-9-10-20(27)14-21(17)24(36-13-11-29-26(34)35)19-8-5-12-31(16-19)25(33)30-22(15-28-2)23(32)18-6-3-4-7-18/h9-10,14,18-19,22-24,28-29,32H,3-8,11-13,15-16H2,1-2H3,(H,30,33)(H,34,35). The highest BCUT2D eigenvalue weighted by Crippen LogP contribution is 2.35. The summed E-state index contributed by atoms with van der Waals surface area (Å²) < 4.78 is 20.3. The van der Waals surface area contributed by atoms with Crippen molar-refractivity contribution in [1.29, 1.82) is 0 Å². The average molecular weight is 509 g/mol. The Bertz CT molecular complexity index is 867. The number of ether oxygens (including phenoxy) is 1. The van der Waals surface area contributed by atoms with Crippen molar-refractivity contribution in [3.63, 3.8) is 0 Å². The zero-order valence-corrected chi connectivity index (χ0v) is 21.3. The molecule has 1 saturated heterocycles. The summed E-state index contributed by atoms with van der Waals surface area (Å²) in [4.78, 5) is 25.8. The first-order valence-electron chi connectivity index (χ1n) is 13.0. The van der Waals surface area contributed by atoms with Crippen LogP contribution in [-0.2, 0) is 4.74 Å². The normalized spacial score (nSPS) is 21.1. The average Bonchev–Trinajstić information content (AvgIpc) is 3.40. The molecule has 1 heterocycles. The second-order valence-corrected chi connectivity index (χ2v) is 10.0. The number of piperidine rings is 1. The third-order valence-electron chi connectivity index (χ3n) is 7.42. The van der Waals surface area contributed by atoms with Gasteiger partial charge in [0.25, 0.3) is 0 Å². The van der Waals surface area contributed by atoms with E-state index < -0.39 is 18.3 Å². The van der Waals surface area contributed by atoms with Gasteiger partial charge < -0.3 is 35.8 Å². The van der Waals surface area contributed by atoms with Crippen LogP contribution in [0.2, 0.25) is 0 Å². The number of urea groups is 1. The Balaban J connectivity index is 1.70. The van der Waals surface area contributed by atoms with Crippen molar-refractivity contribution in [1.82, 2.24) is 20.9 Å². The van der Waals surface area contributed by atoms with E-state index in [1.807, 2.05) is 6.92 Å². The summed E-state index contributed by atoms with van der Waals surface area (Å²) in [5.74, 6) is -0.252. The molecular formula is C26H41FN4O5. The molecule has 2 aliphatic rings. The number of aliphatic hydroxyl groups is 1. The summed E-state index contributed by atoms with van der Waals surface area (Å²) in [7, 11) is 1.81. The lowest BCUT2D eigenvalue weighted by atomic mass is 9.86. The van der Waals surface area contributed by atoms with E-state index >= 15 is 0 Å². The van der Waals surface area contributed by atoms with E-state index in [0.29, 0.717) is 25.2 Å². The summed E-state index contributed by atoms with van der Waals surface area (Å²) in [5.41, 5.74) is 1.59. The van der Waals surface area contributed by atoms with Crippen molar-refractivity contribution in [3.05, 3.63) is 35.1 Å². The van der Waals surface area contributed by atoms with Crippen LogP contribution < -0.4 is 16.0 Å². The zero-order valence-electron chi connectivity index (χ0n) is 21.3. The zero-order chi connectivity index (χ0) is 26.1. The molecule has 202 valence electrons. The number of nitrogens with zero attached hydrogens (tertiary/aromatic N) is 1. The molecule has 4 atom stereocenters. The van der Waals surface area contributed by atoms with Gasteiger partial charge in [-0.2, -0.15) is 0 Å². The summed E-state index contributed by atoms with van der Waals surface area (Å²) in [6, 6.07) is 3.96. The number of likely N-dealkylation sites (tertiary alicyclic amines) is 1. The second-order valence-electron chi connectivity index (χ2n) is 10.0. The number of hydrogen-bond donors (Lipinski definition) is 5. The fourth-order valence-electron chi connectivity index (χ4n) is 5.54. The molecule has 10 heteroatoms. The van der Waals surface area contributed by atoms with Crippen LogP contribution in [0.25, 0.3) is 0 Å². The Morgan fingerprint density at radius 2 is 1.92 bits per heavy atom. The van der Waals surface area contributed by atoms with Gasteiger partial charge in [0.1, 0.15) is 5.82 Å². The maximum atomic E-state index is 14.1. The van der Waals surface area contributed by atoms with E-state index in [2.05, 4.69) is 16.0 Å². The van der Waals surface area contributed by atoms with Crippen molar-refractivity contribution >= 4 is 12.1 Å². The van der Waals surface area contributed by atoms with E-state index in [1.54, 1.807) is 18.0 Å². The molecule has 1 saturated carbocycles. The summed E-state index contributed by atoms with van der Waals surface area (Å²) in [6.07, 6.45) is 3.52.